The molecule has 0 fully saturated rings. The van der Waals surface area contributed by atoms with Gasteiger partial charge in [-0.2, -0.15) is 0 Å². The number of imidazole rings is 2. The molecule has 6 rings (SSSR count). The van der Waals surface area contributed by atoms with Crippen molar-refractivity contribution in [1.82, 2.24) is 19.1 Å². The van der Waals surface area contributed by atoms with E-state index in [9.17, 15) is 9.59 Å². The normalized spacial score (nSPS) is 11.2. The van der Waals surface area contributed by atoms with Gasteiger partial charge in [-0.25, -0.2) is 9.97 Å². The summed E-state index contributed by atoms with van der Waals surface area (Å²) in [5.41, 5.74) is 4.03. The number of aromatic nitrogens is 4. The fourth-order valence-electron chi connectivity index (χ4n) is 4.01. The monoisotopic (exact) mass is 506 g/mol. The van der Waals surface area contributed by atoms with Gasteiger partial charge >= 0.3 is 0 Å². The van der Waals surface area contributed by atoms with Crippen molar-refractivity contribution >= 4 is 55.5 Å². The highest BCUT2D eigenvalue weighted by Gasteiger charge is 2.23. The summed E-state index contributed by atoms with van der Waals surface area (Å²) >= 11 is 0. The van der Waals surface area contributed by atoms with Gasteiger partial charge in [0.1, 0.15) is 0 Å². The molecule has 6 aromatic rings. The number of fused-ring (bicyclic) bond motifs is 2. The molecule has 4 aromatic carbocycles. The van der Waals surface area contributed by atoms with E-state index in [2.05, 4.69) is 0 Å². The molecule has 174 valence electrons. The molecule has 0 unspecified atom stereocenters. The number of para-hydroxylation sites is 4. The number of carbonyl (C=O) groups is 2. The molecule has 0 N–H and O–H groups in total. The van der Waals surface area contributed by atoms with E-state index in [-0.39, 0.29) is 11.8 Å². The lowest BCUT2D eigenvalue weighted by Gasteiger charge is -2.09. The van der Waals surface area contributed by atoms with Gasteiger partial charge in [0.2, 0.25) is 0 Å². The number of benzene rings is 4. The van der Waals surface area contributed by atoms with Crippen molar-refractivity contribution in [3.05, 3.63) is 120 Å². The molecular weight excluding hydrogens is 488 g/mol. The molecule has 2 heterocycles. The molecule has 0 radical (unpaired) electrons. The molecule has 0 atom stereocenters. The molecule has 0 saturated heterocycles. The van der Waals surface area contributed by atoms with E-state index in [1.54, 1.807) is 33.4 Å². The van der Waals surface area contributed by atoms with Gasteiger partial charge in [-0.15, -0.1) is 0 Å². The summed E-state index contributed by atoms with van der Waals surface area (Å²) in [6.07, 6.45) is 0. The van der Waals surface area contributed by atoms with E-state index in [1.807, 2.05) is 84.9 Å². The fraction of sp³-hybridized carbons (Fsp3) is 0. The van der Waals surface area contributed by atoms with Gasteiger partial charge < -0.3 is 0 Å². The average Bonchev–Trinajstić information content (AvgIpc) is 3.50. The van der Waals surface area contributed by atoms with Crippen molar-refractivity contribution in [2.75, 3.05) is 0 Å². The molecule has 0 aliphatic carbocycles. The summed E-state index contributed by atoms with van der Waals surface area (Å²) in [5.74, 6) is -0.331. The average molecular weight is 507 g/mol. The summed E-state index contributed by atoms with van der Waals surface area (Å²) in [6, 6.07) is 33.4. The van der Waals surface area contributed by atoms with Crippen LogP contribution < -0.4 is 0 Å². The minimum atomic E-state index is -0.165. The van der Waals surface area contributed by atoms with E-state index < -0.39 is 0 Å². The Balaban J connectivity index is 1.41. The molecule has 2 aromatic heterocycles. The van der Waals surface area contributed by atoms with Crippen LogP contribution in [-0.2, 0) is 0 Å². The lowest BCUT2D eigenvalue weighted by molar-refractivity contribution is 0.0946. The van der Waals surface area contributed by atoms with E-state index in [0.29, 0.717) is 21.4 Å². The lowest BCUT2D eigenvalue weighted by Crippen LogP contribution is -2.13. The number of hydrogen-bond acceptors (Lipinski definition) is 6. The van der Waals surface area contributed by atoms with Crippen LogP contribution in [0.4, 0.5) is 0 Å². The third-order valence-corrected chi connectivity index (χ3v) is 7.77. The Hall–Kier alpha value is -4.14. The van der Waals surface area contributed by atoms with Gasteiger partial charge in [0, 0.05) is 11.1 Å². The van der Waals surface area contributed by atoms with Crippen LogP contribution in [0.1, 0.15) is 20.7 Å². The maximum atomic E-state index is 13.5. The second-order valence-electron chi connectivity index (χ2n) is 7.95. The van der Waals surface area contributed by atoms with E-state index >= 15 is 0 Å². The molecule has 0 spiro atoms. The summed E-state index contributed by atoms with van der Waals surface area (Å²) in [7, 11) is 2.61. The van der Waals surface area contributed by atoms with Crippen molar-refractivity contribution < 1.29 is 9.59 Å². The summed E-state index contributed by atoms with van der Waals surface area (Å²) in [4.78, 5) is 36.4. The van der Waals surface area contributed by atoms with Gasteiger partial charge in [-0.3, -0.25) is 18.7 Å². The molecule has 0 bridgehead atoms. The molecule has 0 aliphatic rings. The zero-order chi connectivity index (χ0) is 24.5. The molecule has 0 amide bonds. The van der Waals surface area contributed by atoms with Crippen LogP contribution >= 0.6 is 21.6 Å². The van der Waals surface area contributed by atoms with E-state index in [0.717, 1.165) is 22.1 Å². The third kappa shape index (κ3) is 4.00. The van der Waals surface area contributed by atoms with Crippen molar-refractivity contribution in [1.29, 1.82) is 0 Å². The Kier molecular flexibility index (Phi) is 5.88. The van der Waals surface area contributed by atoms with Crippen LogP contribution in [-0.4, -0.2) is 30.9 Å². The van der Waals surface area contributed by atoms with Crippen LogP contribution in [0.5, 0.6) is 0 Å². The lowest BCUT2D eigenvalue weighted by atomic mass is 10.2. The number of hydrogen-bond donors (Lipinski definition) is 0. The Labute approximate surface area is 214 Å². The van der Waals surface area contributed by atoms with Crippen LogP contribution in [0.2, 0.25) is 0 Å². The second kappa shape index (κ2) is 9.49. The number of nitrogens with zero attached hydrogens (tertiary/aromatic N) is 4. The predicted molar refractivity (Wildman–Crippen MR) is 144 cm³/mol. The van der Waals surface area contributed by atoms with Gasteiger partial charge in [0.05, 0.1) is 22.1 Å². The van der Waals surface area contributed by atoms with E-state index in [4.69, 9.17) is 9.97 Å². The summed E-state index contributed by atoms with van der Waals surface area (Å²) in [5, 5.41) is 1.03. The highest BCUT2D eigenvalue weighted by molar-refractivity contribution is 8.76. The first kappa shape index (κ1) is 22.3. The molecule has 6 nitrogen and oxygen atoms in total. The number of carbonyl (C=O) groups excluding carboxylic acids is 2. The first-order valence-corrected chi connectivity index (χ1v) is 13.3. The van der Waals surface area contributed by atoms with Gasteiger partial charge in [-0.1, -0.05) is 60.7 Å². The quantitative estimate of drug-likeness (QED) is 0.247. The largest absolute Gasteiger partial charge is 0.268 e. The minimum Gasteiger partial charge on any atom is -0.268 e. The van der Waals surface area contributed by atoms with Crippen LogP contribution in [0.15, 0.2) is 120 Å². The predicted octanol–water partition coefficient (Wildman–Crippen LogP) is 6.56. The Bertz CT molecular complexity index is 1600. The Morgan fingerprint density at radius 1 is 0.500 bits per heavy atom. The van der Waals surface area contributed by atoms with E-state index in [1.165, 1.54) is 21.6 Å². The first-order chi connectivity index (χ1) is 17.7. The summed E-state index contributed by atoms with van der Waals surface area (Å²) in [6.45, 7) is 0. The van der Waals surface area contributed by atoms with Crippen molar-refractivity contribution in [3.63, 3.8) is 0 Å². The second-order valence-corrected chi connectivity index (χ2v) is 10.0. The molecule has 0 saturated carbocycles. The first-order valence-electron chi connectivity index (χ1n) is 11.2. The molecule has 0 aliphatic heterocycles. The molecule has 8 heteroatoms. The highest BCUT2D eigenvalue weighted by atomic mass is 33.1. The van der Waals surface area contributed by atoms with Crippen molar-refractivity contribution in [3.8, 4) is 0 Å². The molecular formula is C28H18N4O2S2. The minimum absolute atomic E-state index is 0.165. The Morgan fingerprint density at radius 2 is 0.861 bits per heavy atom. The van der Waals surface area contributed by atoms with Gasteiger partial charge in [0.25, 0.3) is 11.8 Å². The Morgan fingerprint density at radius 3 is 1.28 bits per heavy atom. The molecule has 36 heavy (non-hydrogen) atoms. The van der Waals surface area contributed by atoms with Crippen LogP contribution in [0.3, 0.4) is 0 Å². The van der Waals surface area contributed by atoms with Crippen molar-refractivity contribution in [2.45, 2.75) is 10.3 Å². The highest BCUT2D eigenvalue weighted by Crippen LogP contribution is 2.39. The van der Waals surface area contributed by atoms with Crippen molar-refractivity contribution in [2.24, 2.45) is 0 Å². The van der Waals surface area contributed by atoms with Gasteiger partial charge in [-0.05, 0) is 70.1 Å². The van der Waals surface area contributed by atoms with Crippen LogP contribution in [0, 0.1) is 0 Å². The summed E-state index contributed by atoms with van der Waals surface area (Å²) < 4.78 is 3.24. The standard InChI is InChI=1S/C28H18N4O2S2/c33-25(19-11-3-1-4-12-19)31-23-17-9-7-15-21(23)29-27(31)35-36-28-30-22-16-8-10-18-24(22)32(28)26(34)20-13-5-2-6-14-20/h1-18H. The maximum Gasteiger partial charge on any atom is 0.264 e. The fourth-order valence-corrected chi connectivity index (χ4v) is 6.06. The maximum absolute atomic E-state index is 13.5. The van der Waals surface area contributed by atoms with Crippen LogP contribution in [0.25, 0.3) is 22.1 Å². The zero-order valence-electron chi connectivity index (χ0n) is 18.8. The topological polar surface area (TPSA) is 69.8 Å². The third-order valence-electron chi connectivity index (χ3n) is 5.70. The zero-order valence-corrected chi connectivity index (χ0v) is 20.4. The SMILES string of the molecule is O=C(c1ccccc1)n1c(SSc2nc3ccccc3n2C(=O)c2ccccc2)nc2ccccc21. The number of rotatable bonds is 5. The van der Waals surface area contributed by atoms with Gasteiger partial charge in [0.15, 0.2) is 10.3 Å². The smallest absolute Gasteiger partial charge is 0.264 e.